The minimum atomic E-state index is -0.0912. The maximum Gasteiger partial charge on any atom is 0.122 e. The second-order valence-electron chi connectivity index (χ2n) is 4.74. The predicted molar refractivity (Wildman–Crippen MR) is 84.0 cm³/mol. The Morgan fingerprint density at radius 1 is 1.20 bits per heavy atom. The average Bonchev–Trinajstić information content (AvgIpc) is 2.91. The number of fused-ring (bicyclic) bond motifs is 1. The molecule has 3 N–H and O–H groups in total. The summed E-state index contributed by atoms with van der Waals surface area (Å²) in [5.74, 6) is 6.70. The SMILES string of the molecule is NNC(c1ccc(Br)c(Cl)c1)c1ccc2c(c1)CCO2. The van der Waals surface area contributed by atoms with Crippen LogP contribution in [0.25, 0.3) is 0 Å². The van der Waals surface area contributed by atoms with Gasteiger partial charge in [0.2, 0.25) is 0 Å². The fourth-order valence-corrected chi connectivity index (χ4v) is 2.90. The van der Waals surface area contributed by atoms with E-state index in [2.05, 4.69) is 27.4 Å². The van der Waals surface area contributed by atoms with Gasteiger partial charge in [-0.15, -0.1) is 0 Å². The smallest absolute Gasteiger partial charge is 0.122 e. The molecule has 104 valence electrons. The van der Waals surface area contributed by atoms with Crippen molar-refractivity contribution in [1.29, 1.82) is 0 Å². The van der Waals surface area contributed by atoms with Gasteiger partial charge in [0.05, 0.1) is 17.7 Å². The van der Waals surface area contributed by atoms with E-state index in [9.17, 15) is 0 Å². The highest BCUT2D eigenvalue weighted by molar-refractivity contribution is 9.10. The van der Waals surface area contributed by atoms with Crippen molar-refractivity contribution in [2.24, 2.45) is 5.84 Å². The number of ether oxygens (including phenoxy) is 1. The normalized spacial score (nSPS) is 14.8. The van der Waals surface area contributed by atoms with Gasteiger partial charge in [-0.1, -0.05) is 29.8 Å². The molecule has 1 atom stereocenters. The molecule has 5 heteroatoms. The van der Waals surface area contributed by atoms with Crippen LogP contribution in [0.1, 0.15) is 22.7 Å². The van der Waals surface area contributed by atoms with Crippen molar-refractivity contribution in [2.75, 3.05) is 6.61 Å². The van der Waals surface area contributed by atoms with Crippen molar-refractivity contribution in [2.45, 2.75) is 12.5 Å². The van der Waals surface area contributed by atoms with Gasteiger partial charge in [0.25, 0.3) is 0 Å². The standard InChI is InChI=1S/C15H14BrClN2O/c16-12-3-1-11(8-13(12)17)15(19-18)10-2-4-14-9(7-10)5-6-20-14/h1-4,7-8,15,19H,5-6,18H2. The first-order chi connectivity index (χ1) is 9.69. The first-order valence-electron chi connectivity index (χ1n) is 6.36. The van der Waals surface area contributed by atoms with Crippen LogP contribution in [0, 0.1) is 0 Å². The lowest BCUT2D eigenvalue weighted by atomic mass is 9.97. The number of benzene rings is 2. The van der Waals surface area contributed by atoms with Crippen molar-refractivity contribution in [3.63, 3.8) is 0 Å². The van der Waals surface area contributed by atoms with E-state index in [1.807, 2.05) is 30.3 Å². The summed E-state index contributed by atoms with van der Waals surface area (Å²) in [5.41, 5.74) is 6.22. The Morgan fingerprint density at radius 3 is 2.70 bits per heavy atom. The lowest BCUT2D eigenvalue weighted by Gasteiger charge is -2.18. The molecule has 0 aromatic heterocycles. The molecule has 0 bridgehead atoms. The largest absolute Gasteiger partial charge is 0.493 e. The summed E-state index contributed by atoms with van der Waals surface area (Å²) in [4.78, 5) is 0. The molecule has 3 nitrogen and oxygen atoms in total. The molecule has 0 radical (unpaired) electrons. The quantitative estimate of drug-likeness (QED) is 0.655. The number of hydrazine groups is 1. The molecule has 1 aliphatic heterocycles. The van der Waals surface area contributed by atoms with E-state index in [1.165, 1.54) is 5.56 Å². The summed E-state index contributed by atoms with van der Waals surface area (Å²) in [6.45, 7) is 0.754. The van der Waals surface area contributed by atoms with Crippen LogP contribution in [0.3, 0.4) is 0 Å². The highest BCUT2D eigenvalue weighted by Crippen LogP contribution is 2.32. The molecule has 1 aliphatic rings. The topological polar surface area (TPSA) is 47.3 Å². The minimum Gasteiger partial charge on any atom is -0.493 e. The number of halogens is 2. The molecule has 0 saturated carbocycles. The summed E-state index contributed by atoms with van der Waals surface area (Å²) in [5, 5.41) is 0.673. The van der Waals surface area contributed by atoms with Gasteiger partial charge in [-0.2, -0.15) is 0 Å². The third kappa shape index (κ3) is 2.56. The predicted octanol–water partition coefficient (Wildman–Crippen LogP) is 3.59. The van der Waals surface area contributed by atoms with Crippen molar-refractivity contribution in [3.8, 4) is 5.75 Å². The van der Waals surface area contributed by atoms with Crippen LogP contribution in [0.4, 0.5) is 0 Å². The second-order valence-corrected chi connectivity index (χ2v) is 6.00. The molecule has 1 unspecified atom stereocenters. The molecular formula is C15H14BrClN2O. The van der Waals surface area contributed by atoms with Gasteiger partial charge >= 0.3 is 0 Å². The van der Waals surface area contributed by atoms with E-state index >= 15 is 0 Å². The Morgan fingerprint density at radius 2 is 1.95 bits per heavy atom. The monoisotopic (exact) mass is 352 g/mol. The van der Waals surface area contributed by atoms with E-state index in [0.29, 0.717) is 5.02 Å². The summed E-state index contributed by atoms with van der Waals surface area (Å²) in [7, 11) is 0. The summed E-state index contributed by atoms with van der Waals surface area (Å²) < 4.78 is 6.40. The molecule has 0 aliphatic carbocycles. The molecule has 0 amide bonds. The van der Waals surface area contributed by atoms with Crippen LogP contribution in [0.15, 0.2) is 40.9 Å². The Bertz CT molecular complexity index is 648. The molecule has 1 heterocycles. The van der Waals surface area contributed by atoms with E-state index < -0.39 is 0 Å². The lowest BCUT2D eigenvalue weighted by Crippen LogP contribution is -2.28. The summed E-state index contributed by atoms with van der Waals surface area (Å²) in [6, 6.07) is 11.9. The first kappa shape index (κ1) is 13.9. The van der Waals surface area contributed by atoms with Gasteiger partial charge in [-0.05, 0) is 50.8 Å². The van der Waals surface area contributed by atoms with Crippen molar-refractivity contribution < 1.29 is 4.74 Å². The van der Waals surface area contributed by atoms with Crippen LogP contribution < -0.4 is 16.0 Å². The molecule has 0 saturated heterocycles. The van der Waals surface area contributed by atoms with Gasteiger partial charge < -0.3 is 4.74 Å². The van der Waals surface area contributed by atoms with Gasteiger partial charge in [-0.3, -0.25) is 5.84 Å². The minimum absolute atomic E-state index is 0.0912. The van der Waals surface area contributed by atoms with Crippen LogP contribution in [-0.4, -0.2) is 6.61 Å². The molecule has 0 fully saturated rings. The zero-order valence-corrected chi connectivity index (χ0v) is 13.0. The van der Waals surface area contributed by atoms with Crippen LogP contribution in [0.2, 0.25) is 5.02 Å². The van der Waals surface area contributed by atoms with E-state index in [-0.39, 0.29) is 6.04 Å². The first-order valence-corrected chi connectivity index (χ1v) is 7.53. The number of nitrogens with one attached hydrogen (secondary N) is 1. The van der Waals surface area contributed by atoms with Crippen molar-refractivity contribution in [1.82, 2.24) is 5.43 Å². The van der Waals surface area contributed by atoms with Gasteiger partial charge in [-0.25, -0.2) is 5.43 Å². The maximum atomic E-state index is 6.16. The molecule has 0 spiro atoms. The zero-order chi connectivity index (χ0) is 14.1. The summed E-state index contributed by atoms with van der Waals surface area (Å²) >= 11 is 9.56. The van der Waals surface area contributed by atoms with Crippen LogP contribution in [0.5, 0.6) is 5.75 Å². The third-order valence-corrected chi connectivity index (χ3v) is 4.72. The third-order valence-electron chi connectivity index (χ3n) is 3.49. The Hall–Kier alpha value is -1.07. The van der Waals surface area contributed by atoms with Gasteiger partial charge in [0.1, 0.15) is 5.75 Å². The average molecular weight is 354 g/mol. The molecule has 3 rings (SSSR count). The maximum absolute atomic E-state index is 6.16. The second kappa shape index (κ2) is 5.74. The summed E-state index contributed by atoms with van der Waals surface area (Å²) in [6.07, 6.45) is 0.946. The van der Waals surface area contributed by atoms with Crippen molar-refractivity contribution >= 4 is 27.5 Å². The number of hydrogen-bond donors (Lipinski definition) is 2. The Labute approximate surface area is 131 Å². The fraction of sp³-hybridized carbons (Fsp3) is 0.200. The fourth-order valence-electron chi connectivity index (χ4n) is 2.46. The molecular weight excluding hydrogens is 340 g/mol. The van der Waals surface area contributed by atoms with Gasteiger partial charge in [0.15, 0.2) is 0 Å². The zero-order valence-electron chi connectivity index (χ0n) is 10.7. The Balaban J connectivity index is 1.98. The number of hydrogen-bond acceptors (Lipinski definition) is 3. The molecule has 2 aromatic rings. The van der Waals surface area contributed by atoms with Crippen LogP contribution in [-0.2, 0) is 6.42 Å². The van der Waals surface area contributed by atoms with Gasteiger partial charge in [0, 0.05) is 10.9 Å². The lowest BCUT2D eigenvalue weighted by molar-refractivity contribution is 0.357. The van der Waals surface area contributed by atoms with E-state index in [1.54, 1.807) is 0 Å². The number of rotatable bonds is 3. The number of nitrogens with two attached hydrogens (primary N) is 1. The van der Waals surface area contributed by atoms with E-state index in [4.69, 9.17) is 22.2 Å². The van der Waals surface area contributed by atoms with E-state index in [0.717, 1.165) is 34.4 Å². The molecule has 2 aromatic carbocycles. The van der Waals surface area contributed by atoms with Crippen molar-refractivity contribution in [3.05, 3.63) is 62.6 Å². The Kier molecular flexibility index (Phi) is 3.98. The highest BCUT2D eigenvalue weighted by atomic mass is 79.9. The molecule has 20 heavy (non-hydrogen) atoms. The highest BCUT2D eigenvalue weighted by Gasteiger charge is 2.18. The van der Waals surface area contributed by atoms with Crippen LogP contribution >= 0.6 is 27.5 Å².